The molecule has 4 aliphatic rings. The van der Waals surface area contributed by atoms with Crippen LogP contribution in [0.1, 0.15) is 97.8 Å². The highest BCUT2D eigenvalue weighted by molar-refractivity contribution is 5.92. The van der Waals surface area contributed by atoms with Crippen LogP contribution >= 0.6 is 0 Å². The van der Waals surface area contributed by atoms with Crippen molar-refractivity contribution >= 4 is 17.5 Å². The van der Waals surface area contributed by atoms with Gasteiger partial charge in [0, 0.05) is 24.7 Å². The van der Waals surface area contributed by atoms with Gasteiger partial charge in [-0.15, -0.1) is 0 Å². The summed E-state index contributed by atoms with van der Waals surface area (Å²) in [5.41, 5.74) is 0.782. The van der Waals surface area contributed by atoms with E-state index >= 15 is 0 Å². The maximum Gasteiger partial charge on any atom is 0.306 e. The van der Waals surface area contributed by atoms with E-state index in [0.29, 0.717) is 42.8 Å². The van der Waals surface area contributed by atoms with Gasteiger partial charge in [0.2, 0.25) is 0 Å². The van der Waals surface area contributed by atoms with Crippen LogP contribution in [0.4, 0.5) is 0 Å². The van der Waals surface area contributed by atoms with Gasteiger partial charge in [0.05, 0.1) is 0 Å². The summed E-state index contributed by atoms with van der Waals surface area (Å²) < 4.78 is 6.07. The number of unbranched alkanes of at least 4 members (excludes halogenated alkanes) is 3. The summed E-state index contributed by atoms with van der Waals surface area (Å²) >= 11 is 0. The third-order valence-corrected chi connectivity index (χ3v) is 9.17. The summed E-state index contributed by atoms with van der Waals surface area (Å²) in [5.74, 6) is 1.76. The van der Waals surface area contributed by atoms with Gasteiger partial charge < -0.3 is 4.74 Å². The fourth-order valence-electron chi connectivity index (χ4n) is 7.38. The summed E-state index contributed by atoms with van der Waals surface area (Å²) in [6.45, 7) is 6.63. The number of ketones is 2. The topological polar surface area (TPSA) is 60.4 Å². The quantitative estimate of drug-likeness (QED) is 0.420. The Morgan fingerprint density at radius 1 is 1.03 bits per heavy atom. The first-order valence-electron chi connectivity index (χ1n) is 12.3. The number of hydrogen-bond acceptors (Lipinski definition) is 4. The third kappa shape index (κ3) is 3.58. The molecule has 3 fully saturated rings. The molecule has 4 nitrogen and oxygen atoms in total. The smallest absolute Gasteiger partial charge is 0.306 e. The van der Waals surface area contributed by atoms with Crippen LogP contribution in [0.2, 0.25) is 0 Å². The number of rotatable bonds is 6. The Labute approximate surface area is 181 Å². The highest BCUT2D eigenvalue weighted by atomic mass is 16.5. The maximum absolute atomic E-state index is 12.7. The molecule has 0 bridgehead atoms. The van der Waals surface area contributed by atoms with E-state index in [1.165, 1.54) is 0 Å². The van der Waals surface area contributed by atoms with Crippen molar-refractivity contribution in [3.05, 3.63) is 11.6 Å². The Bertz CT molecular complexity index is 752. The van der Waals surface area contributed by atoms with Gasteiger partial charge >= 0.3 is 5.97 Å². The van der Waals surface area contributed by atoms with Crippen LogP contribution in [-0.4, -0.2) is 23.6 Å². The van der Waals surface area contributed by atoms with Crippen molar-refractivity contribution in [2.45, 2.75) is 104 Å². The van der Waals surface area contributed by atoms with E-state index in [1.807, 2.05) is 6.08 Å². The van der Waals surface area contributed by atoms with Crippen LogP contribution in [0.25, 0.3) is 0 Å². The number of Topliss-reactive ketones (excluding diaryl/α,β-unsaturated/α-hetero) is 1. The predicted molar refractivity (Wildman–Crippen MR) is 116 cm³/mol. The molecule has 0 N–H and O–H groups in total. The number of ether oxygens (including phenoxy) is 1. The molecule has 4 heteroatoms. The van der Waals surface area contributed by atoms with E-state index in [0.717, 1.165) is 63.4 Å². The number of hydrogen-bond donors (Lipinski definition) is 0. The molecule has 0 spiro atoms. The number of carbonyl (C=O) groups is 3. The average molecular weight is 415 g/mol. The second-order valence-corrected chi connectivity index (χ2v) is 10.8. The molecule has 0 amide bonds. The van der Waals surface area contributed by atoms with Crippen molar-refractivity contribution in [1.82, 2.24) is 0 Å². The summed E-state index contributed by atoms with van der Waals surface area (Å²) in [6.07, 6.45) is 12.1. The first-order chi connectivity index (χ1) is 14.3. The van der Waals surface area contributed by atoms with Crippen molar-refractivity contribution in [1.29, 1.82) is 0 Å². The zero-order chi connectivity index (χ0) is 21.5. The normalized spacial score (nSPS) is 40.3. The molecule has 6 atom stereocenters. The van der Waals surface area contributed by atoms with Crippen LogP contribution in [0.15, 0.2) is 11.6 Å². The Hall–Kier alpha value is -1.45. The Balaban J connectivity index is 1.58. The molecular weight excluding hydrogens is 376 g/mol. The number of carbonyl (C=O) groups excluding carboxylic acids is 3. The Morgan fingerprint density at radius 2 is 1.80 bits per heavy atom. The minimum Gasteiger partial charge on any atom is -0.458 e. The van der Waals surface area contributed by atoms with E-state index in [9.17, 15) is 14.4 Å². The van der Waals surface area contributed by atoms with Crippen LogP contribution in [0.5, 0.6) is 0 Å². The lowest BCUT2D eigenvalue weighted by Crippen LogP contribution is -2.54. The molecule has 3 saturated carbocycles. The van der Waals surface area contributed by atoms with Crippen molar-refractivity contribution in [2.75, 3.05) is 0 Å². The Kier molecular flexibility index (Phi) is 5.98. The van der Waals surface area contributed by atoms with Gasteiger partial charge in [-0.25, -0.2) is 0 Å². The van der Waals surface area contributed by atoms with Gasteiger partial charge in [0.25, 0.3) is 0 Å². The number of fused-ring (bicyclic) bond motifs is 5. The predicted octanol–water partition coefficient (Wildman–Crippen LogP) is 5.58. The van der Waals surface area contributed by atoms with E-state index in [2.05, 4.69) is 20.8 Å². The molecular formula is C26H38O4. The standard InChI is InChI=1S/C26H38O4/c1-4-5-6-7-8-24(29)30-22-16-18-19-9-10-23(28)26(19,3)14-12-20(18)25(2)13-11-17(27)15-21(22)25/h15,18-20,22H,4-14,16H2,1-3H3/t18-,19-,20-,22+,25+,26-/m0/s1. The highest BCUT2D eigenvalue weighted by Gasteiger charge is 2.61. The zero-order valence-electron chi connectivity index (χ0n) is 19.0. The number of esters is 1. The van der Waals surface area contributed by atoms with Crippen LogP contribution in [0, 0.1) is 28.6 Å². The third-order valence-electron chi connectivity index (χ3n) is 9.17. The van der Waals surface area contributed by atoms with Gasteiger partial charge in [-0.2, -0.15) is 0 Å². The summed E-state index contributed by atoms with van der Waals surface area (Å²) in [6, 6.07) is 0. The van der Waals surface area contributed by atoms with Gasteiger partial charge in [-0.3, -0.25) is 14.4 Å². The summed E-state index contributed by atoms with van der Waals surface area (Å²) in [7, 11) is 0. The fourth-order valence-corrected chi connectivity index (χ4v) is 7.38. The van der Waals surface area contributed by atoms with E-state index in [1.54, 1.807) is 0 Å². The molecule has 0 aromatic heterocycles. The molecule has 0 radical (unpaired) electrons. The van der Waals surface area contributed by atoms with Crippen molar-refractivity contribution < 1.29 is 19.1 Å². The second-order valence-electron chi connectivity index (χ2n) is 10.8. The molecule has 166 valence electrons. The minimum absolute atomic E-state index is 0.0864. The molecule has 0 heterocycles. The molecule has 0 unspecified atom stereocenters. The average Bonchev–Trinajstić information content (AvgIpc) is 3.01. The first-order valence-corrected chi connectivity index (χ1v) is 12.3. The van der Waals surface area contributed by atoms with Gasteiger partial charge in [-0.05, 0) is 73.3 Å². The van der Waals surface area contributed by atoms with Crippen molar-refractivity contribution in [3.63, 3.8) is 0 Å². The first kappa shape index (κ1) is 21.8. The molecule has 4 rings (SSSR count). The van der Waals surface area contributed by atoms with Gasteiger partial charge in [0.15, 0.2) is 5.78 Å². The summed E-state index contributed by atoms with van der Waals surface area (Å²) in [5, 5.41) is 0. The SMILES string of the molecule is CCCCCCC(=O)O[C@@H]1C[C@@H]2[C@H](CC[C@]3(C)C(=O)CC[C@@H]23)[C@@]2(C)CCC(=O)C=C12. The lowest BCUT2D eigenvalue weighted by Gasteiger charge is -2.58. The molecule has 30 heavy (non-hydrogen) atoms. The Morgan fingerprint density at radius 3 is 2.57 bits per heavy atom. The van der Waals surface area contributed by atoms with E-state index < -0.39 is 0 Å². The molecule has 0 aliphatic heterocycles. The van der Waals surface area contributed by atoms with Gasteiger partial charge in [0.1, 0.15) is 11.9 Å². The van der Waals surface area contributed by atoms with E-state index in [4.69, 9.17) is 4.74 Å². The van der Waals surface area contributed by atoms with Crippen LogP contribution in [0.3, 0.4) is 0 Å². The molecule has 0 aromatic rings. The summed E-state index contributed by atoms with van der Waals surface area (Å²) in [4.78, 5) is 37.7. The van der Waals surface area contributed by atoms with Crippen LogP contribution < -0.4 is 0 Å². The minimum atomic E-state index is -0.294. The lowest BCUT2D eigenvalue weighted by molar-refractivity contribution is -0.156. The lowest BCUT2D eigenvalue weighted by atomic mass is 9.47. The molecule has 0 aromatic carbocycles. The van der Waals surface area contributed by atoms with Gasteiger partial charge in [-0.1, -0.05) is 40.0 Å². The largest absolute Gasteiger partial charge is 0.458 e. The second kappa shape index (κ2) is 8.24. The molecule has 4 aliphatic carbocycles. The monoisotopic (exact) mass is 414 g/mol. The highest BCUT2D eigenvalue weighted by Crippen LogP contribution is 2.64. The maximum atomic E-state index is 12.7. The fraction of sp³-hybridized carbons (Fsp3) is 0.808. The molecule has 0 saturated heterocycles. The van der Waals surface area contributed by atoms with E-state index in [-0.39, 0.29) is 28.7 Å². The zero-order valence-corrected chi connectivity index (χ0v) is 19.0. The van der Waals surface area contributed by atoms with Crippen molar-refractivity contribution in [2.24, 2.45) is 28.6 Å². The van der Waals surface area contributed by atoms with Crippen LogP contribution in [-0.2, 0) is 19.1 Å². The van der Waals surface area contributed by atoms with Crippen molar-refractivity contribution in [3.8, 4) is 0 Å².